The number of morpholine rings is 1. The average Bonchev–Trinajstić information content (AvgIpc) is 3.95. The van der Waals surface area contributed by atoms with Crippen molar-refractivity contribution in [2.75, 3.05) is 26.3 Å². The summed E-state index contributed by atoms with van der Waals surface area (Å²) >= 11 is -1.76. The molecule has 0 aliphatic carbocycles. The van der Waals surface area contributed by atoms with Crippen LogP contribution in [0.3, 0.4) is 0 Å². The molecule has 0 atom stereocenters. The summed E-state index contributed by atoms with van der Waals surface area (Å²) in [7, 11) is -18.5. The molecule has 1 radical (unpaired) electrons. The minimum atomic E-state index is -4.92. The number of nitrogens with two attached hydrogens (primary N) is 1. The largest absolute Gasteiger partial charge is 2.00 e. The number of ether oxygens (including phenoxy) is 1. The molecule has 0 unspecified atom stereocenters. The topological polar surface area (TPSA) is 306 Å². The van der Waals surface area contributed by atoms with Crippen molar-refractivity contribution in [3.05, 3.63) is 110 Å². The van der Waals surface area contributed by atoms with Gasteiger partial charge in [0.15, 0.2) is 11.7 Å². The molecular weight excluding hydrogens is 1050 g/mol. The van der Waals surface area contributed by atoms with E-state index in [2.05, 4.69) is 15.0 Å². The van der Waals surface area contributed by atoms with Gasteiger partial charge in [-0.3, -0.25) is 9.11 Å². The number of halogens is 1. The van der Waals surface area contributed by atoms with Gasteiger partial charge in [-0.25, -0.2) is 37.0 Å². The van der Waals surface area contributed by atoms with E-state index in [0.717, 1.165) is 12.1 Å². The first-order chi connectivity index (χ1) is 28.9. The molecule has 26 heteroatoms. The number of hydrogen-bond donors (Lipinski definition) is 3. The fourth-order valence-corrected chi connectivity index (χ4v) is 14.2. The maximum atomic E-state index is 14.4. The Labute approximate surface area is 371 Å². The van der Waals surface area contributed by atoms with Crippen molar-refractivity contribution in [3.63, 3.8) is 0 Å². The van der Waals surface area contributed by atoms with Crippen molar-refractivity contribution in [1.29, 1.82) is 0 Å². The Morgan fingerprint density at radius 1 is 0.613 bits per heavy atom. The maximum Gasteiger partial charge on any atom is 2.00 e. The van der Waals surface area contributed by atoms with Crippen molar-refractivity contribution >= 4 is 110 Å². The van der Waals surface area contributed by atoms with E-state index in [9.17, 15) is 42.8 Å². The van der Waals surface area contributed by atoms with E-state index >= 15 is 0 Å². The molecule has 10 rings (SSSR count). The van der Waals surface area contributed by atoms with Gasteiger partial charge in [-0.15, -0.1) is 0 Å². The van der Waals surface area contributed by atoms with Crippen molar-refractivity contribution < 1.29 is 64.6 Å². The summed E-state index contributed by atoms with van der Waals surface area (Å²) in [4.78, 5) is 31.1. The Kier molecular flexibility index (Phi) is 10.3. The molecule has 4 N–H and O–H groups in total. The summed E-state index contributed by atoms with van der Waals surface area (Å²) in [6.45, 7) is 0.408. The third-order valence-corrected chi connectivity index (χ3v) is 17.3. The number of rotatable bonds is 5. The van der Waals surface area contributed by atoms with Crippen LogP contribution in [-0.4, -0.2) is 94.5 Å². The second-order valence-corrected chi connectivity index (χ2v) is 22.4. The summed E-state index contributed by atoms with van der Waals surface area (Å²) in [6.07, 6.45) is 0. The van der Waals surface area contributed by atoms with E-state index < -0.39 is 75.7 Å². The fourth-order valence-electron chi connectivity index (χ4n) is 7.44. The molecule has 321 valence electrons. The van der Waals surface area contributed by atoms with Crippen molar-refractivity contribution in [1.82, 2.24) is 14.3 Å². The summed E-state index contributed by atoms with van der Waals surface area (Å²) in [6, 6.07) is 16.5. The number of amidine groups is 3. The Bertz CT molecular complexity index is 3750. The van der Waals surface area contributed by atoms with Gasteiger partial charge in [0, 0.05) is 60.8 Å². The van der Waals surface area contributed by atoms with Gasteiger partial charge in [0.2, 0.25) is 20.0 Å². The first kappa shape index (κ1) is 42.6. The van der Waals surface area contributed by atoms with E-state index in [0.29, 0.717) is 0 Å². The van der Waals surface area contributed by atoms with Crippen LogP contribution in [0.1, 0.15) is 22.3 Å². The molecule has 8 bridgehead atoms. The molecule has 20 nitrogen and oxygen atoms in total. The molecule has 1 saturated heterocycles. The third-order valence-electron chi connectivity index (χ3n) is 10.0. The summed E-state index contributed by atoms with van der Waals surface area (Å²) in [5, 5.41) is 5.92. The molecule has 6 heterocycles. The molecule has 4 aromatic carbocycles. The van der Waals surface area contributed by atoms with Gasteiger partial charge in [0.25, 0.3) is 20.2 Å². The number of fused-ring (bicyclic) bond motifs is 18. The Hall–Kier alpha value is -4.71. The van der Waals surface area contributed by atoms with Crippen molar-refractivity contribution in [3.8, 4) is 0 Å². The van der Waals surface area contributed by atoms with Crippen LogP contribution < -0.4 is 26.1 Å². The molecule has 2 aromatic heterocycles. The number of hydrogen-bond acceptors (Lipinski definition) is 14. The van der Waals surface area contributed by atoms with E-state index in [-0.39, 0.29) is 134 Å². The second kappa shape index (κ2) is 14.9. The van der Waals surface area contributed by atoms with Crippen LogP contribution in [0.5, 0.6) is 0 Å². The zero-order valence-electron chi connectivity index (χ0n) is 30.8. The van der Waals surface area contributed by atoms with Crippen LogP contribution in [-0.2, 0) is 62.1 Å². The van der Waals surface area contributed by atoms with Crippen LogP contribution >= 0.6 is 20.7 Å². The van der Waals surface area contributed by atoms with Gasteiger partial charge in [0.1, 0.15) is 13.4 Å². The van der Waals surface area contributed by atoms with Crippen LogP contribution in [0.4, 0.5) is 5.82 Å². The third kappa shape index (κ3) is 6.94. The number of sulfonamides is 2. The predicted octanol–water partition coefficient (Wildman–Crippen LogP) is 0.937. The molecule has 4 aliphatic heterocycles. The molecule has 0 spiro atoms. The first-order valence-corrected chi connectivity index (χ1v) is 25.7. The van der Waals surface area contributed by atoms with Gasteiger partial charge in [-0.2, -0.15) is 21.1 Å². The van der Waals surface area contributed by atoms with Crippen LogP contribution in [0, 0.1) is 3.70 Å². The van der Waals surface area contributed by atoms with Crippen LogP contribution in [0.2, 0.25) is 0 Å². The predicted molar refractivity (Wildman–Crippen MR) is 226 cm³/mol. The summed E-state index contributed by atoms with van der Waals surface area (Å²) < 4.78 is 134. The smallest absolute Gasteiger partial charge is 0.424 e. The molecule has 6 aromatic rings. The normalized spacial score (nSPS) is 16.8. The van der Waals surface area contributed by atoms with E-state index in [1.165, 1.54) is 65.0 Å². The van der Waals surface area contributed by atoms with E-state index in [1.54, 1.807) is 0 Å². The molecular formula is C36H24CuIN9O11S4. The van der Waals surface area contributed by atoms with Crippen molar-refractivity contribution in [2.45, 2.75) is 19.6 Å². The van der Waals surface area contributed by atoms with Crippen LogP contribution in [0.15, 0.2) is 117 Å². The first-order valence-electron chi connectivity index (χ1n) is 17.6. The standard InChI is InChI=1S/C36H24IN9O11S4.Cu/c38-58(47,48)21-9-2-7-19-27(21)35-41-31-18-6-4-11-23(60(51,52)53)25(18)30(40-31)37-29-17-5-1-12-24(61(54,55)56)26(17)34(39-29)42-33-20-8-3-10-22(28(20)36(45-33)44-32(19)43-35)59(49,50)46-13-15-57-16-14-46;/h1-12H,13-16H2,(H4-2,38,39,40,41,42,43,44,45,47,48,51,52,53,54,55,56);/q-2;+2. The molecule has 1 fully saturated rings. The Morgan fingerprint density at radius 2 is 1.19 bits per heavy atom. The number of aliphatic imine (C=N–C) groups is 3. The minimum Gasteiger partial charge on any atom is -0.424 e. The Balaban J connectivity index is 0.00000490. The monoisotopic (exact) mass is 1080 g/mol. The second-order valence-electron chi connectivity index (χ2n) is 13.6. The zero-order chi connectivity index (χ0) is 42.8. The minimum absolute atomic E-state index is 0. The van der Waals surface area contributed by atoms with Crippen molar-refractivity contribution in [2.24, 2.45) is 30.1 Å². The quantitative estimate of drug-likeness (QED) is 0.123. The molecule has 0 saturated carbocycles. The maximum absolute atomic E-state index is 14.4. The summed E-state index contributed by atoms with van der Waals surface area (Å²) in [5.74, 6) is -0.823. The van der Waals surface area contributed by atoms with Gasteiger partial charge in [-0.1, -0.05) is 69.3 Å². The fraction of sp³-hybridized carbons (Fsp3) is 0.111. The Morgan fingerprint density at radius 3 is 1.87 bits per heavy atom. The van der Waals surface area contributed by atoms with E-state index in [1.807, 2.05) is 0 Å². The van der Waals surface area contributed by atoms with Gasteiger partial charge >= 0.3 is 17.1 Å². The number of primary sulfonamides is 1. The molecule has 0 amide bonds. The number of benzene rings is 4. The summed E-state index contributed by atoms with van der Waals surface area (Å²) in [5.41, 5.74) is -0.286. The van der Waals surface area contributed by atoms with Crippen LogP contribution in [0.25, 0.3) is 21.5 Å². The SMILES string of the molecule is NS(=O)(=O)c1cccc2c1C1=NC3=NC(=Ic4[n-]c(c5c(S(=O)(=O)O)cccc45)N=c4[n-]c(c5c(S(=O)(=O)N6CCOCC6)cccc45)=NC2=N1)c1c3cccc1S(=O)(=O)O.[Cu+2]. The van der Waals surface area contributed by atoms with Gasteiger partial charge < -0.3 is 24.7 Å². The van der Waals surface area contributed by atoms with E-state index in [4.69, 9.17) is 29.8 Å². The zero-order valence-corrected chi connectivity index (χ0v) is 37.2. The number of nitrogens with zero attached hydrogens (tertiary/aromatic N) is 8. The molecule has 62 heavy (non-hydrogen) atoms. The molecule has 4 aliphatic rings. The van der Waals surface area contributed by atoms with Gasteiger partial charge in [-0.05, 0) is 40.9 Å². The number of aromatic nitrogens is 2. The average molecular weight is 1080 g/mol. The van der Waals surface area contributed by atoms with Gasteiger partial charge in [0.05, 0.1) is 28.8 Å².